The van der Waals surface area contributed by atoms with Crippen LogP contribution >= 0.6 is 0 Å². The number of non-ortho nitro benzene ring substituents is 1. The summed E-state index contributed by atoms with van der Waals surface area (Å²) in [7, 11) is 0. The molecule has 0 spiro atoms. The molecule has 0 bridgehead atoms. The van der Waals surface area contributed by atoms with Crippen LogP contribution in [0.1, 0.15) is 33.6 Å². The number of amides is 1. The molecule has 2 saturated heterocycles. The number of hydrogen-bond donors (Lipinski definition) is 2. The molecular weight excluding hydrogens is 432 g/mol. The number of carbonyl (C=O) groups excluding carboxylic acids is 1. The van der Waals surface area contributed by atoms with Gasteiger partial charge in [0.25, 0.3) is 0 Å². The number of fused-ring (bicyclic) bond motifs is 1. The first-order valence-corrected chi connectivity index (χ1v) is 11.1. The number of hydrogen-bond acceptors (Lipinski definition) is 9. The average molecular weight is 463 g/mol. The first-order valence-electron chi connectivity index (χ1n) is 11.1. The summed E-state index contributed by atoms with van der Waals surface area (Å²) in [5, 5.41) is 31.5. The van der Waals surface area contributed by atoms with Crippen LogP contribution in [0.3, 0.4) is 0 Å². The van der Waals surface area contributed by atoms with E-state index in [4.69, 9.17) is 9.15 Å². The Bertz CT molecular complexity index is 1050. The second-order valence-electron chi connectivity index (χ2n) is 9.54. The van der Waals surface area contributed by atoms with E-state index in [1.54, 1.807) is 11.0 Å². The highest BCUT2D eigenvalue weighted by Gasteiger charge is 2.32. The van der Waals surface area contributed by atoms with Crippen molar-refractivity contribution in [2.45, 2.75) is 45.3 Å². The summed E-state index contributed by atoms with van der Waals surface area (Å²) in [5.41, 5.74) is -0.342. The number of piperidine rings is 1. The van der Waals surface area contributed by atoms with Crippen LogP contribution < -0.4 is 4.90 Å². The van der Waals surface area contributed by atoms with Crippen LogP contribution in [-0.2, 0) is 4.74 Å². The number of rotatable bonds is 3. The predicted molar refractivity (Wildman–Crippen MR) is 121 cm³/mol. The highest BCUT2D eigenvalue weighted by atomic mass is 16.6. The lowest BCUT2D eigenvalue weighted by atomic mass is 10.0. The molecule has 0 unspecified atom stereocenters. The van der Waals surface area contributed by atoms with Gasteiger partial charge >= 0.3 is 17.7 Å². The quantitative estimate of drug-likeness (QED) is 0.521. The maximum absolute atomic E-state index is 12.3. The monoisotopic (exact) mass is 462 g/mol. The number of nitro benzene ring substituents is 1. The number of aromatic hydroxyl groups is 2. The Kier molecular flexibility index (Phi) is 6.00. The first kappa shape index (κ1) is 23.0. The fraction of sp³-hybridized carbons (Fsp3) is 0.591. The SMILES string of the molecule is CC(C)(C)OC(=O)N1CCN(C2CCN(c3ccc([N+](=O)[O-])c4oc(O)c(O)c34)CC2)CC1. The van der Waals surface area contributed by atoms with Gasteiger partial charge in [0.1, 0.15) is 5.60 Å². The number of ether oxygens (including phenoxy) is 1. The molecule has 2 fully saturated rings. The summed E-state index contributed by atoms with van der Waals surface area (Å²) in [6, 6.07) is 3.29. The van der Waals surface area contributed by atoms with Crippen molar-refractivity contribution in [2.24, 2.45) is 0 Å². The number of benzene rings is 1. The molecule has 1 amide bonds. The summed E-state index contributed by atoms with van der Waals surface area (Å²) >= 11 is 0. The van der Waals surface area contributed by atoms with Gasteiger partial charge < -0.3 is 29.2 Å². The van der Waals surface area contributed by atoms with Crippen LogP contribution in [0.15, 0.2) is 16.5 Å². The highest BCUT2D eigenvalue weighted by molar-refractivity contribution is 6.02. The van der Waals surface area contributed by atoms with E-state index in [1.165, 1.54) is 6.07 Å². The van der Waals surface area contributed by atoms with Crippen molar-refractivity contribution in [1.29, 1.82) is 0 Å². The maximum Gasteiger partial charge on any atom is 0.410 e. The summed E-state index contributed by atoms with van der Waals surface area (Å²) in [6.45, 7) is 9.77. The number of furan rings is 1. The van der Waals surface area contributed by atoms with Crippen LogP contribution in [0, 0.1) is 10.1 Å². The van der Waals surface area contributed by atoms with E-state index in [2.05, 4.69) is 4.90 Å². The van der Waals surface area contributed by atoms with Crippen molar-refractivity contribution >= 4 is 28.4 Å². The molecule has 11 heteroatoms. The van der Waals surface area contributed by atoms with Gasteiger partial charge in [0.2, 0.25) is 11.3 Å². The number of anilines is 1. The zero-order valence-corrected chi connectivity index (χ0v) is 19.1. The normalized spacial score (nSPS) is 18.6. The molecule has 1 aromatic heterocycles. The predicted octanol–water partition coefficient (Wildman–Crippen LogP) is 3.27. The zero-order chi connectivity index (χ0) is 23.9. The number of piperazine rings is 1. The van der Waals surface area contributed by atoms with E-state index in [0.29, 0.717) is 37.9 Å². The first-order chi connectivity index (χ1) is 15.5. The van der Waals surface area contributed by atoms with Crippen molar-refractivity contribution in [3.63, 3.8) is 0 Å². The Morgan fingerprint density at radius 3 is 2.33 bits per heavy atom. The van der Waals surface area contributed by atoms with Crippen molar-refractivity contribution in [3.05, 3.63) is 22.2 Å². The molecule has 2 aliphatic rings. The van der Waals surface area contributed by atoms with Gasteiger partial charge in [0.15, 0.2) is 0 Å². The third-order valence-electron chi connectivity index (χ3n) is 6.24. The van der Waals surface area contributed by atoms with Gasteiger partial charge in [-0.05, 0) is 39.7 Å². The lowest BCUT2D eigenvalue weighted by Crippen LogP contribution is -2.55. The summed E-state index contributed by atoms with van der Waals surface area (Å²) in [4.78, 5) is 29.2. The lowest BCUT2D eigenvalue weighted by Gasteiger charge is -2.43. The maximum atomic E-state index is 12.3. The van der Waals surface area contributed by atoms with Gasteiger partial charge in [-0.15, -0.1) is 0 Å². The average Bonchev–Trinajstić information content (AvgIpc) is 3.06. The van der Waals surface area contributed by atoms with Crippen molar-refractivity contribution in [1.82, 2.24) is 9.80 Å². The molecule has 4 rings (SSSR count). The fourth-order valence-electron chi connectivity index (χ4n) is 4.62. The van der Waals surface area contributed by atoms with Crippen molar-refractivity contribution < 1.29 is 29.1 Å². The Morgan fingerprint density at radius 1 is 1.12 bits per heavy atom. The number of carbonyl (C=O) groups is 1. The molecular formula is C22H30N4O7. The Labute approximate surface area is 191 Å². The van der Waals surface area contributed by atoms with Crippen LogP contribution in [0.5, 0.6) is 11.7 Å². The molecule has 0 atom stereocenters. The Morgan fingerprint density at radius 2 is 1.76 bits per heavy atom. The lowest BCUT2D eigenvalue weighted by molar-refractivity contribution is -0.383. The van der Waals surface area contributed by atoms with Gasteiger partial charge in [-0.25, -0.2) is 4.79 Å². The van der Waals surface area contributed by atoms with E-state index in [1.807, 2.05) is 25.7 Å². The van der Waals surface area contributed by atoms with E-state index >= 15 is 0 Å². The molecule has 2 N–H and O–H groups in total. The Hall–Kier alpha value is -3.21. The highest BCUT2D eigenvalue weighted by Crippen LogP contribution is 2.46. The molecule has 2 aliphatic heterocycles. The second kappa shape index (κ2) is 8.62. The van der Waals surface area contributed by atoms with Gasteiger partial charge in [-0.1, -0.05) is 0 Å². The van der Waals surface area contributed by atoms with Crippen LogP contribution in [0.4, 0.5) is 16.2 Å². The van der Waals surface area contributed by atoms with Crippen LogP contribution in [0.25, 0.3) is 11.0 Å². The molecule has 3 heterocycles. The summed E-state index contributed by atoms with van der Waals surface area (Å²) in [6.07, 6.45) is 1.47. The third kappa shape index (κ3) is 4.63. The van der Waals surface area contributed by atoms with Crippen LogP contribution in [-0.4, -0.2) is 81.9 Å². The van der Waals surface area contributed by atoms with Crippen molar-refractivity contribution in [2.75, 3.05) is 44.2 Å². The molecule has 0 saturated carbocycles. The smallest absolute Gasteiger partial charge is 0.410 e. The molecule has 2 aromatic rings. The van der Waals surface area contributed by atoms with E-state index in [0.717, 1.165) is 25.9 Å². The molecule has 0 radical (unpaired) electrons. The van der Waals surface area contributed by atoms with Gasteiger partial charge in [0, 0.05) is 51.4 Å². The van der Waals surface area contributed by atoms with Crippen molar-refractivity contribution in [3.8, 4) is 11.7 Å². The largest absolute Gasteiger partial charge is 0.501 e. The minimum Gasteiger partial charge on any atom is -0.501 e. The summed E-state index contributed by atoms with van der Waals surface area (Å²) < 4.78 is 10.5. The fourth-order valence-corrected chi connectivity index (χ4v) is 4.62. The van der Waals surface area contributed by atoms with Gasteiger partial charge in [0.05, 0.1) is 16.0 Å². The number of nitro groups is 1. The van der Waals surface area contributed by atoms with E-state index in [-0.39, 0.29) is 22.7 Å². The Balaban J connectivity index is 1.39. The molecule has 33 heavy (non-hydrogen) atoms. The molecule has 11 nitrogen and oxygen atoms in total. The third-order valence-corrected chi connectivity index (χ3v) is 6.24. The minimum atomic E-state index is -0.724. The van der Waals surface area contributed by atoms with Gasteiger partial charge in [-0.2, -0.15) is 0 Å². The summed E-state index contributed by atoms with van der Waals surface area (Å²) in [5.74, 6) is -1.21. The zero-order valence-electron chi connectivity index (χ0n) is 19.1. The molecule has 1 aromatic carbocycles. The van der Waals surface area contributed by atoms with Gasteiger partial charge in [-0.3, -0.25) is 15.0 Å². The minimum absolute atomic E-state index is 0.132. The molecule has 0 aliphatic carbocycles. The molecule has 180 valence electrons. The number of nitrogens with zero attached hydrogens (tertiary/aromatic N) is 4. The van der Waals surface area contributed by atoms with Crippen LogP contribution in [0.2, 0.25) is 0 Å². The van der Waals surface area contributed by atoms with E-state index in [9.17, 15) is 25.1 Å². The topological polar surface area (TPSA) is 133 Å². The standard InChI is InChI=1S/C22H30N4O7/c1-22(2,3)33-21(29)25-12-10-23(11-13-25)14-6-8-24(9-7-14)15-4-5-16(26(30)31)19-17(15)18(27)20(28)32-19/h4-5,14,27-28H,6-13H2,1-3H3. The second-order valence-corrected chi connectivity index (χ2v) is 9.54. The van der Waals surface area contributed by atoms with E-state index < -0.39 is 22.2 Å².